The molecule has 0 aliphatic heterocycles. The third-order valence-corrected chi connectivity index (χ3v) is 7.89. The first-order chi connectivity index (χ1) is 18.6. The Morgan fingerprint density at radius 3 is 2.41 bits per heavy atom. The quantitative estimate of drug-likeness (QED) is 0.254. The number of methoxy groups -OCH3 is 1. The van der Waals surface area contributed by atoms with E-state index in [-0.39, 0.29) is 17.3 Å². The Morgan fingerprint density at radius 1 is 1.00 bits per heavy atom. The van der Waals surface area contributed by atoms with Crippen LogP contribution in [0.25, 0.3) is 33.5 Å². The molecular weight excluding hydrogens is 510 g/mol. The fraction of sp³-hybridized carbons (Fsp3) is 0.233. The summed E-state index contributed by atoms with van der Waals surface area (Å²) >= 11 is 1.43. The van der Waals surface area contributed by atoms with E-state index in [1.807, 2.05) is 37.3 Å². The molecule has 2 N–H and O–H groups in total. The zero-order valence-electron chi connectivity index (χ0n) is 22.5. The molecule has 8 nitrogen and oxygen atoms in total. The Labute approximate surface area is 230 Å². The van der Waals surface area contributed by atoms with Crippen LogP contribution in [-0.4, -0.2) is 38.9 Å². The zero-order valence-corrected chi connectivity index (χ0v) is 23.3. The van der Waals surface area contributed by atoms with Gasteiger partial charge in [0, 0.05) is 28.6 Å². The summed E-state index contributed by atoms with van der Waals surface area (Å²) in [5, 5.41) is 4.85. The Bertz CT molecular complexity index is 1680. The van der Waals surface area contributed by atoms with Gasteiger partial charge in [0.1, 0.15) is 16.9 Å². The Kier molecular flexibility index (Phi) is 7.01. The SMILES string of the molecule is COC(=O)c1ccc(-c2cc3c(-c4ccc(CNC(=O)c5cnc(C(C)(C)C)s5)c(C)c4)ncnc3[nH]2)cc1. The Balaban J connectivity index is 1.35. The molecule has 9 heteroatoms. The molecule has 5 aromatic rings. The highest BCUT2D eigenvalue weighted by Crippen LogP contribution is 2.31. The second-order valence-corrected chi connectivity index (χ2v) is 11.4. The Morgan fingerprint density at radius 2 is 1.74 bits per heavy atom. The highest BCUT2D eigenvalue weighted by Gasteiger charge is 2.20. The van der Waals surface area contributed by atoms with E-state index in [0.29, 0.717) is 17.0 Å². The topological polar surface area (TPSA) is 110 Å². The molecule has 1 amide bonds. The van der Waals surface area contributed by atoms with E-state index in [1.165, 1.54) is 18.4 Å². The normalized spacial score (nSPS) is 11.5. The number of thiazole rings is 1. The maximum atomic E-state index is 12.7. The number of ether oxygens (including phenoxy) is 1. The summed E-state index contributed by atoms with van der Waals surface area (Å²) in [7, 11) is 1.36. The summed E-state index contributed by atoms with van der Waals surface area (Å²) in [5.41, 5.74) is 6.77. The van der Waals surface area contributed by atoms with E-state index in [9.17, 15) is 9.59 Å². The molecule has 0 saturated carbocycles. The molecule has 5 rings (SSSR count). The third-order valence-electron chi connectivity index (χ3n) is 6.47. The first-order valence-corrected chi connectivity index (χ1v) is 13.3. The molecule has 0 unspecified atom stereocenters. The average Bonchev–Trinajstić information content (AvgIpc) is 3.60. The number of H-pyrrole nitrogens is 1. The van der Waals surface area contributed by atoms with E-state index < -0.39 is 0 Å². The number of aromatic nitrogens is 4. The lowest BCUT2D eigenvalue weighted by Crippen LogP contribution is -2.22. The number of aryl methyl sites for hydroxylation is 1. The van der Waals surface area contributed by atoms with Crippen LogP contribution in [0.2, 0.25) is 0 Å². The first-order valence-electron chi connectivity index (χ1n) is 12.5. The summed E-state index contributed by atoms with van der Waals surface area (Å²) in [6.07, 6.45) is 3.19. The van der Waals surface area contributed by atoms with Gasteiger partial charge in [-0.05, 0) is 47.9 Å². The van der Waals surface area contributed by atoms with Crippen molar-refractivity contribution in [2.75, 3.05) is 7.11 Å². The summed E-state index contributed by atoms with van der Waals surface area (Å²) in [6, 6.07) is 15.3. The van der Waals surface area contributed by atoms with Gasteiger partial charge in [-0.2, -0.15) is 0 Å². The molecule has 0 aliphatic rings. The molecule has 0 spiro atoms. The molecular formula is C30H29N5O3S. The predicted octanol–water partition coefficient (Wildman–Crippen LogP) is 6.07. The number of rotatable bonds is 6. The minimum atomic E-state index is -0.372. The minimum Gasteiger partial charge on any atom is -0.465 e. The van der Waals surface area contributed by atoms with Gasteiger partial charge in [0.05, 0.1) is 29.6 Å². The van der Waals surface area contributed by atoms with Crippen molar-refractivity contribution in [2.24, 2.45) is 0 Å². The number of aromatic amines is 1. The maximum Gasteiger partial charge on any atom is 0.337 e. The van der Waals surface area contributed by atoms with E-state index >= 15 is 0 Å². The lowest BCUT2D eigenvalue weighted by molar-refractivity contribution is 0.0600. The number of fused-ring (bicyclic) bond motifs is 1. The van der Waals surface area contributed by atoms with Crippen molar-refractivity contribution in [3.63, 3.8) is 0 Å². The van der Waals surface area contributed by atoms with E-state index in [1.54, 1.807) is 24.7 Å². The first kappa shape index (κ1) is 26.2. The van der Waals surface area contributed by atoms with Crippen molar-refractivity contribution in [1.82, 2.24) is 25.3 Å². The van der Waals surface area contributed by atoms with Crippen molar-refractivity contribution >= 4 is 34.2 Å². The van der Waals surface area contributed by atoms with E-state index in [2.05, 4.69) is 52.1 Å². The zero-order chi connectivity index (χ0) is 27.7. The number of hydrogen-bond acceptors (Lipinski definition) is 7. The molecule has 39 heavy (non-hydrogen) atoms. The highest BCUT2D eigenvalue weighted by atomic mass is 32.1. The van der Waals surface area contributed by atoms with Gasteiger partial charge in [0.2, 0.25) is 0 Å². The molecule has 198 valence electrons. The van der Waals surface area contributed by atoms with Gasteiger partial charge >= 0.3 is 5.97 Å². The Hall–Kier alpha value is -4.37. The van der Waals surface area contributed by atoms with Crippen LogP contribution < -0.4 is 5.32 Å². The number of nitrogens with zero attached hydrogens (tertiary/aromatic N) is 3. The van der Waals surface area contributed by atoms with Gasteiger partial charge in [0.25, 0.3) is 5.91 Å². The number of nitrogens with one attached hydrogen (secondary N) is 2. The van der Waals surface area contributed by atoms with Gasteiger partial charge < -0.3 is 15.0 Å². The molecule has 3 aromatic heterocycles. The van der Waals surface area contributed by atoms with E-state index in [0.717, 1.165) is 49.7 Å². The summed E-state index contributed by atoms with van der Waals surface area (Å²) in [5.74, 6) is -0.494. The van der Waals surface area contributed by atoms with Gasteiger partial charge in [-0.1, -0.05) is 45.0 Å². The van der Waals surface area contributed by atoms with Crippen LogP contribution in [0.5, 0.6) is 0 Å². The molecule has 3 heterocycles. The summed E-state index contributed by atoms with van der Waals surface area (Å²) in [4.78, 5) is 41.8. The van der Waals surface area contributed by atoms with Crippen molar-refractivity contribution in [1.29, 1.82) is 0 Å². The average molecular weight is 540 g/mol. The number of carbonyl (C=O) groups excluding carboxylic acids is 2. The minimum absolute atomic E-state index is 0.0859. The van der Waals surface area contributed by atoms with Gasteiger partial charge in [-0.15, -0.1) is 11.3 Å². The van der Waals surface area contributed by atoms with Crippen molar-refractivity contribution < 1.29 is 14.3 Å². The fourth-order valence-corrected chi connectivity index (χ4v) is 5.15. The number of hydrogen-bond donors (Lipinski definition) is 2. The molecule has 0 atom stereocenters. The molecule has 0 radical (unpaired) electrons. The summed E-state index contributed by atoms with van der Waals surface area (Å²) in [6.45, 7) is 8.70. The van der Waals surface area contributed by atoms with Crippen LogP contribution >= 0.6 is 11.3 Å². The number of esters is 1. The van der Waals surface area contributed by atoms with Crippen LogP contribution in [0.3, 0.4) is 0 Å². The molecule has 2 aromatic carbocycles. The van der Waals surface area contributed by atoms with Gasteiger partial charge in [0.15, 0.2) is 0 Å². The van der Waals surface area contributed by atoms with Crippen molar-refractivity contribution in [2.45, 2.75) is 39.7 Å². The molecule has 0 bridgehead atoms. The number of carbonyl (C=O) groups is 2. The van der Waals surface area contributed by atoms with Crippen LogP contribution in [-0.2, 0) is 16.7 Å². The lowest BCUT2D eigenvalue weighted by atomic mass is 9.98. The fourth-order valence-electron chi connectivity index (χ4n) is 4.26. The lowest BCUT2D eigenvalue weighted by Gasteiger charge is -2.13. The predicted molar refractivity (Wildman–Crippen MR) is 153 cm³/mol. The monoisotopic (exact) mass is 539 g/mol. The molecule has 0 fully saturated rings. The van der Waals surface area contributed by atoms with Gasteiger partial charge in [-0.25, -0.2) is 19.7 Å². The second kappa shape index (κ2) is 10.4. The highest BCUT2D eigenvalue weighted by molar-refractivity contribution is 7.13. The standard InChI is InChI=1S/C30H29N5O3S/c1-17-12-20(10-11-21(17)14-31-27(36)24-15-32-29(39-24)30(2,3)4)25-22-13-23(35-26(22)34-16-33-25)18-6-8-19(9-7-18)28(37)38-5/h6-13,15-16H,14H2,1-5H3,(H,31,36)(H,33,34,35). The second-order valence-electron chi connectivity index (χ2n) is 10.3. The van der Waals surface area contributed by atoms with E-state index in [4.69, 9.17) is 4.74 Å². The summed E-state index contributed by atoms with van der Waals surface area (Å²) < 4.78 is 4.78. The van der Waals surface area contributed by atoms with Crippen LogP contribution in [0.4, 0.5) is 0 Å². The number of amides is 1. The van der Waals surface area contributed by atoms with Crippen LogP contribution in [0, 0.1) is 6.92 Å². The van der Waals surface area contributed by atoms with Crippen molar-refractivity contribution in [3.05, 3.63) is 87.6 Å². The van der Waals surface area contributed by atoms with Crippen LogP contribution in [0.1, 0.15) is 56.9 Å². The third kappa shape index (κ3) is 5.44. The van der Waals surface area contributed by atoms with Crippen LogP contribution in [0.15, 0.2) is 61.1 Å². The molecule has 0 saturated heterocycles. The maximum absolute atomic E-state index is 12.7. The smallest absolute Gasteiger partial charge is 0.337 e. The molecule has 0 aliphatic carbocycles. The number of benzene rings is 2. The van der Waals surface area contributed by atoms with Gasteiger partial charge in [-0.3, -0.25) is 4.79 Å². The van der Waals surface area contributed by atoms with Crippen molar-refractivity contribution in [3.8, 4) is 22.5 Å². The largest absolute Gasteiger partial charge is 0.465 e.